The van der Waals surface area contributed by atoms with Gasteiger partial charge in [-0.1, -0.05) is 30.3 Å². The van der Waals surface area contributed by atoms with E-state index in [1.165, 1.54) is 0 Å². The second kappa shape index (κ2) is 8.92. The Kier molecular flexibility index (Phi) is 7.25. The molecule has 0 aliphatic heterocycles. The number of amides is 1. The van der Waals surface area contributed by atoms with Crippen LogP contribution in [0.4, 0.5) is 4.79 Å². The quantitative estimate of drug-likeness (QED) is 0.474. The van der Waals surface area contributed by atoms with Crippen molar-refractivity contribution in [2.45, 2.75) is 39.2 Å². The summed E-state index contributed by atoms with van der Waals surface area (Å²) in [6, 6.07) is 8.64. The summed E-state index contributed by atoms with van der Waals surface area (Å²) in [6.45, 7) is 5.34. The minimum atomic E-state index is -0.555. The number of hydrogen-bond acceptors (Lipinski definition) is 5. The van der Waals surface area contributed by atoms with Crippen molar-refractivity contribution in [3.63, 3.8) is 0 Å². The number of alkyl carbamates (subject to hydrolysis) is 1. The average Bonchev–Trinajstić information content (AvgIpc) is 2.48. The number of benzene rings is 1. The standard InChI is InChI=1S/C17H23NO5/c1-17(2,3)23-16(21)18-11-7-10-15(20)22-12-14(19)13-8-5-4-6-9-13/h4-6,8-9H,7,10-12H2,1-3H3,(H,18,21). The Morgan fingerprint density at radius 1 is 1.09 bits per heavy atom. The molecule has 6 nitrogen and oxygen atoms in total. The first kappa shape index (κ1) is 18.7. The third-order valence-electron chi connectivity index (χ3n) is 2.69. The second-order valence-corrected chi connectivity index (χ2v) is 5.98. The van der Waals surface area contributed by atoms with Crippen molar-refractivity contribution in [3.05, 3.63) is 35.9 Å². The van der Waals surface area contributed by atoms with Gasteiger partial charge in [-0.3, -0.25) is 9.59 Å². The van der Waals surface area contributed by atoms with Gasteiger partial charge >= 0.3 is 12.1 Å². The lowest BCUT2D eigenvalue weighted by atomic mass is 10.1. The number of rotatable bonds is 7. The van der Waals surface area contributed by atoms with Gasteiger partial charge in [0.1, 0.15) is 5.60 Å². The van der Waals surface area contributed by atoms with Crippen molar-refractivity contribution in [2.75, 3.05) is 13.2 Å². The van der Waals surface area contributed by atoms with Gasteiger partial charge in [0.15, 0.2) is 12.4 Å². The highest BCUT2D eigenvalue weighted by Crippen LogP contribution is 2.06. The van der Waals surface area contributed by atoms with E-state index in [0.29, 0.717) is 18.5 Å². The van der Waals surface area contributed by atoms with Crippen LogP contribution in [0, 0.1) is 0 Å². The van der Waals surface area contributed by atoms with E-state index in [1.54, 1.807) is 51.1 Å². The van der Waals surface area contributed by atoms with E-state index in [4.69, 9.17) is 9.47 Å². The molecular formula is C17H23NO5. The fourth-order valence-corrected chi connectivity index (χ4v) is 1.66. The molecule has 0 unspecified atom stereocenters. The number of hydrogen-bond donors (Lipinski definition) is 1. The molecule has 0 aromatic heterocycles. The predicted molar refractivity (Wildman–Crippen MR) is 85.2 cm³/mol. The minimum Gasteiger partial charge on any atom is -0.457 e. The van der Waals surface area contributed by atoms with Gasteiger partial charge in [0.25, 0.3) is 0 Å². The van der Waals surface area contributed by atoms with Crippen LogP contribution in [-0.2, 0) is 14.3 Å². The lowest BCUT2D eigenvalue weighted by molar-refractivity contribution is -0.142. The first-order chi connectivity index (χ1) is 10.8. The summed E-state index contributed by atoms with van der Waals surface area (Å²) in [7, 11) is 0. The average molecular weight is 321 g/mol. The number of ether oxygens (including phenoxy) is 2. The molecule has 23 heavy (non-hydrogen) atoms. The normalized spacial score (nSPS) is 10.7. The van der Waals surface area contributed by atoms with Gasteiger partial charge in [-0.2, -0.15) is 0 Å². The summed E-state index contributed by atoms with van der Waals surface area (Å²) < 4.78 is 9.98. The molecule has 1 rings (SSSR count). The molecule has 0 aliphatic carbocycles. The third kappa shape index (κ3) is 8.60. The van der Waals surface area contributed by atoms with Gasteiger partial charge in [-0.15, -0.1) is 0 Å². The summed E-state index contributed by atoms with van der Waals surface area (Å²) in [5, 5.41) is 2.55. The molecule has 0 bridgehead atoms. The maximum atomic E-state index is 11.8. The smallest absolute Gasteiger partial charge is 0.407 e. The van der Waals surface area contributed by atoms with Crippen LogP contribution < -0.4 is 5.32 Å². The summed E-state index contributed by atoms with van der Waals surface area (Å²) in [5.74, 6) is -0.717. The monoisotopic (exact) mass is 321 g/mol. The van der Waals surface area contributed by atoms with Crippen molar-refractivity contribution in [1.29, 1.82) is 0 Å². The lowest BCUT2D eigenvalue weighted by Crippen LogP contribution is -2.33. The van der Waals surface area contributed by atoms with Crippen molar-refractivity contribution in [3.8, 4) is 0 Å². The zero-order valence-corrected chi connectivity index (χ0v) is 13.8. The maximum Gasteiger partial charge on any atom is 0.407 e. The summed E-state index contributed by atoms with van der Waals surface area (Å²) in [5.41, 5.74) is -0.0484. The highest BCUT2D eigenvalue weighted by Gasteiger charge is 2.15. The number of carbonyl (C=O) groups is 3. The minimum absolute atomic E-state index is 0.123. The Hall–Kier alpha value is -2.37. The second-order valence-electron chi connectivity index (χ2n) is 5.98. The van der Waals surface area contributed by atoms with Gasteiger partial charge in [0.05, 0.1) is 0 Å². The summed E-state index contributed by atoms with van der Waals surface area (Å²) >= 11 is 0. The maximum absolute atomic E-state index is 11.8. The Morgan fingerprint density at radius 2 is 1.74 bits per heavy atom. The fraction of sp³-hybridized carbons (Fsp3) is 0.471. The summed E-state index contributed by atoms with van der Waals surface area (Å²) in [4.78, 5) is 34.7. The topological polar surface area (TPSA) is 81.7 Å². The van der Waals surface area contributed by atoms with E-state index in [2.05, 4.69) is 5.32 Å². The van der Waals surface area contributed by atoms with E-state index in [0.717, 1.165) is 0 Å². The van der Waals surface area contributed by atoms with E-state index in [9.17, 15) is 14.4 Å². The molecule has 0 heterocycles. The molecule has 1 N–H and O–H groups in total. The van der Waals surface area contributed by atoms with E-state index in [-0.39, 0.29) is 18.8 Å². The van der Waals surface area contributed by atoms with Crippen LogP contribution in [0.2, 0.25) is 0 Å². The highest BCUT2D eigenvalue weighted by atomic mass is 16.6. The van der Waals surface area contributed by atoms with Crippen LogP contribution in [0.3, 0.4) is 0 Å². The first-order valence-electron chi connectivity index (χ1n) is 7.48. The molecule has 0 radical (unpaired) electrons. The van der Waals surface area contributed by atoms with Crippen molar-refractivity contribution < 1.29 is 23.9 Å². The van der Waals surface area contributed by atoms with Crippen LogP contribution in [0.1, 0.15) is 44.0 Å². The van der Waals surface area contributed by atoms with Crippen LogP contribution in [0.5, 0.6) is 0 Å². The van der Waals surface area contributed by atoms with Crippen LogP contribution in [0.25, 0.3) is 0 Å². The van der Waals surface area contributed by atoms with Gasteiger partial charge in [0.2, 0.25) is 0 Å². The summed E-state index contributed by atoms with van der Waals surface area (Å²) in [6.07, 6.45) is 0.0141. The highest BCUT2D eigenvalue weighted by molar-refractivity contribution is 5.97. The molecule has 0 fully saturated rings. The number of esters is 1. The molecule has 1 aromatic carbocycles. The molecule has 6 heteroatoms. The number of Topliss-reactive ketones (excluding diaryl/α,β-unsaturated/α-hetero) is 1. The molecule has 0 aliphatic rings. The number of carbonyl (C=O) groups excluding carboxylic acids is 3. The Labute approximate surface area is 136 Å². The van der Waals surface area contributed by atoms with Gasteiger partial charge < -0.3 is 14.8 Å². The number of nitrogens with one attached hydrogen (secondary N) is 1. The molecule has 1 aromatic rings. The zero-order chi connectivity index (χ0) is 17.3. The van der Waals surface area contributed by atoms with Gasteiger partial charge in [-0.05, 0) is 27.2 Å². The molecule has 0 spiro atoms. The van der Waals surface area contributed by atoms with Gasteiger partial charge in [-0.25, -0.2) is 4.79 Å². The Bertz CT molecular complexity index is 534. The molecule has 0 saturated carbocycles. The predicted octanol–water partition coefficient (Wildman–Crippen LogP) is 2.72. The first-order valence-corrected chi connectivity index (χ1v) is 7.48. The molecule has 1 amide bonds. The van der Waals surface area contributed by atoms with E-state index < -0.39 is 17.7 Å². The van der Waals surface area contributed by atoms with Crippen LogP contribution >= 0.6 is 0 Å². The fourth-order valence-electron chi connectivity index (χ4n) is 1.66. The van der Waals surface area contributed by atoms with Crippen LogP contribution in [0.15, 0.2) is 30.3 Å². The molecule has 126 valence electrons. The SMILES string of the molecule is CC(C)(C)OC(=O)NCCCC(=O)OCC(=O)c1ccccc1. The third-order valence-corrected chi connectivity index (χ3v) is 2.69. The lowest BCUT2D eigenvalue weighted by Gasteiger charge is -2.19. The van der Waals surface area contributed by atoms with Crippen molar-refractivity contribution in [1.82, 2.24) is 5.32 Å². The molecular weight excluding hydrogens is 298 g/mol. The van der Waals surface area contributed by atoms with Crippen molar-refractivity contribution in [2.24, 2.45) is 0 Å². The molecule has 0 saturated heterocycles. The Morgan fingerprint density at radius 3 is 2.35 bits per heavy atom. The number of ketones is 1. The van der Waals surface area contributed by atoms with Gasteiger partial charge in [0, 0.05) is 18.5 Å². The largest absolute Gasteiger partial charge is 0.457 e. The zero-order valence-electron chi connectivity index (χ0n) is 13.8. The van der Waals surface area contributed by atoms with Crippen LogP contribution in [-0.4, -0.2) is 36.6 Å². The van der Waals surface area contributed by atoms with E-state index in [1.807, 2.05) is 0 Å². The van der Waals surface area contributed by atoms with E-state index >= 15 is 0 Å². The molecule has 0 atom stereocenters. The van der Waals surface area contributed by atoms with Crippen molar-refractivity contribution >= 4 is 17.8 Å². The Balaban J connectivity index is 2.15.